The van der Waals surface area contributed by atoms with Gasteiger partial charge in [-0.2, -0.15) is 0 Å². The number of nitrogens with one attached hydrogen (secondary N) is 1. The maximum absolute atomic E-state index is 12.4. The van der Waals surface area contributed by atoms with Crippen LogP contribution in [0.5, 0.6) is 0 Å². The molecule has 2 aromatic rings. The lowest BCUT2D eigenvalue weighted by Gasteiger charge is -2.18. The average Bonchev–Trinajstić information content (AvgIpc) is 2.78. The van der Waals surface area contributed by atoms with Crippen molar-refractivity contribution in [3.05, 3.63) is 52.3 Å². The van der Waals surface area contributed by atoms with E-state index >= 15 is 0 Å². The van der Waals surface area contributed by atoms with E-state index in [0.29, 0.717) is 5.56 Å². The lowest BCUT2D eigenvalue weighted by molar-refractivity contribution is -0.155. The quantitative estimate of drug-likeness (QED) is 0.776. The average molecular weight is 344 g/mol. The number of carbonyl (C=O) groups is 2. The van der Waals surface area contributed by atoms with Gasteiger partial charge in [0.25, 0.3) is 5.91 Å². The van der Waals surface area contributed by atoms with E-state index in [4.69, 9.17) is 5.11 Å². The van der Waals surface area contributed by atoms with Gasteiger partial charge in [0.1, 0.15) is 0 Å². The Morgan fingerprint density at radius 1 is 1.08 bits per heavy atom. The van der Waals surface area contributed by atoms with Crippen molar-refractivity contribution in [1.29, 1.82) is 0 Å². The number of rotatable bonds is 5. The molecule has 3 N–H and O–H groups in total. The molecule has 6 heteroatoms. The molecule has 2 rings (SSSR count). The second kappa shape index (κ2) is 6.72. The second-order valence-electron chi connectivity index (χ2n) is 6.73. The zero-order chi connectivity index (χ0) is 18.9. The molecule has 134 valence electrons. The first kappa shape index (κ1) is 18.7. The highest BCUT2D eigenvalue weighted by atomic mass is 16.4. The number of hydrogen-bond donors (Lipinski definition) is 3. The van der Waals surface area contributed by atoms with Gasteiger partial charge in [-0.15, -0.1) is 0 Å². The minimum absolute atomic E-state index is 0.367. The molecule has 0 radical (unpaired) electrons. The molecular weight excluding hydrogens is 320 g/mol. The first-order valence-electron chi connectivity index (χ1n) is 8.04. The second-order valence-corrected chi connectivity index (χ2v) is 6.73. The number of carbonyl (C=O) groups excluding carboxylic acids is 1. The molecule has 0 spiro atoms. The van der Waals surface area contributed by atoms with Gasteiger partial charge in [0.05, 0.1) is 12.1 Å². The van der Waals surface area contributed by atoms with E-state index in [1.54, 1.807) is 6.07 Å². The Morgan fingerprint density at radius 3 is 2.16 bits per heavy atom. The highest BCUT2D eigenvalue weighted by Gasteiger charge is 2.30. The van der Waals surface area contributed by atoms with Gasteiger partial charge >= 0.3 is 5.97 Å². The maximum atomic E-state index is 12.4. The van der Waals surface area contributed by atoms with E-state index in [9.17, 15) is 14.7 Å². The number of hydrogen-bond acceptors (Lipinski definition) is 3. The van der Waals surface area contributed by atoms with Gasteiger partial charge in [-0.1, -0.05) is 6.07 Å². The van der Waals surface area contributed by atoms with Gasteiger partial charge in [-0.3, -0.25) is 4.79 Å². The third-order valence-electron chi connectivity index (χ3n) is 4.19. The van der Waals surface area contributed by atoms with Crippen LogP contribution < -0.4 is 5.32 Å². The van der Waals surface area contributed by atoms with E-state index in [1.165, 1.54) is 0 Å². The van der Waals surface area contributed by atoms with Crippen LogP contribution in [-0.4, -0.2) is 38.8 Å². The molecule has 0 aliphatic heterocycles. The van der Waals surface area contributed by atoms with E-state index < -0.39 is 17.5 Å². The van der Waals surface area contributed by atoms with Crippen molar-refractivity contribution in [1.82, 2.24) is 9.88 Å². The minimum Gasteiger partial charge on any atom is -0.479 e. The van der Waals surface area contributed by atoms with Gasteiger partial charge in [0.15, 0.2) is 5.60 Å². The third kappa shape index (κ3) is 3.91. The van der Waals surface area contributed by atoms with Crippen molar-refractivity contribution >= 4 is 11.9 Å². The minimum atomic E-state index is -2.01. The van der Waals surface area contributed by atoms with Crippen LogP contribution in [0.4, 0.5) is 0 Å². The number of carboxylic acids is 1. The largest absolute Gasteiger partial charge is 0.479 e. The Kier molecular flexibility index (Phi) is 5.04. The molecule has 0 aliphatic carbocycles. The van der Waals surface area contributed by atoms with E-state index in [-0.39, 0.29) is 6.54 Å². The zero-order valence-corrected chi connectivity index (χ0v) is 15.2. The molecule has 1 amide bonds. The summed E-state index contributed by atoms with van der Waals surface area (Å²) >= 11 is 0. The Bertz CT molecular complexity index is 814. The molecule has 1 aromatic carbocycles. The van der Waals surface area contributed by atoms with Crippen LogP contribution in [0, 0.1) is 27.7 Å². The van der Waals surface area contributed by atoms with Gasteiger partial charge in [0, 0.05) is 17.1 Å². The summed E-state index contributed by atoms with van der Waals surface area (Å²) in [5.74, 6) is -1.79. The number of benzene rings is 1. The predicted molar refractivity (Wildman–Crippen MR) is 95.3 cm³/mol. The van der Waals surface area contributed by atoms with Gasteiger partial charge in [-0.25, -0.2) is 4.79 Å². The van der Waals surface area contributed by atoms with E-state index in [2.05, 4.69) is 11.4 Å². The van der Waals surface area contributed by atoms with E-state index in [0.717, 1.165) is 35.1 Å². The van der Waals surface area contributed by atoms with Gasteiger partial charge < -0.3 is 20.1 Å². The molecule has 1 aromatic heterocycles. The number of amides is 1. The van der Waals surface area contributed by atoms with Crippen LogP contribution in [0.1, 0.15) is 39.8 Å². The summed E-state index contributed by atoms with van der Waals surface area (Å²) in [5.41, 5.74) is 3.35. The molecule has 0 aliphatic rings. The Labute approximate surface area is 147 Å². The van der Waals surface area contributed by atoms with Crippen LogP contribution in [0.3, 0.4) is 0 Å². The van der Waals surface area contributed by atoms with Crippen molar-refractivity contribution in [2.24, 2.45) is 0 Å². The molecule has 0 saturated heterocycles. The van der Waals surface area contributed by atoms with Crippen LogP contribution >= 0.6 is 0 Å². The zero-order valence-electron chi connectivity index (χ0n) is 15.2. The Balaban J connectivity index is 2.33. The highest BCUT2D eigenvalue weighted by Crippen LogP contribution is 2.22. The molecule has 25 heavy (non-hydrogen) atoms. The fourth-order valence-corrected chi connectivity index (χ4v) is 2.89. The molecule has 0 bridgehead atoms. The molecule has 0 saturated carbocycles. The summed E-state index contributed by atoms with van der Waals surface area (Å²) in [5, 5.41) is 21.2. The van der Waals surface area contributed by atoms with Crippen molar-refractivity contribution in [2.45, 2.75) is 40.2 Å². The summed E-state index contributed by atoms with van der Waals surface area (Å²) < 4.78 is 1.99. The number of nitrogens with zero attached hydrogens (tertiary/aromatic N) is 1. The molecule has 6 nitrogen and oxygen atoms in total. The summed E-state index contributed by atoms with van der Waals surface area (Å²) in [7, 11) is 0. The number of carboxylic acid groups (broad SMARTS) is 1. The highest BCUT2D eigenvalue weighted by molar-refractivity contribution is 5.96. The van der Waals surface area contributed by atoms with Crippen LogP contribution in [-0.2, 0) is 4.79 Å². The molecule has 1 heterocycles. The molecule has 1 unspecified atom stereocenters. The Morgan fingerprint density at radius 2 is 1.64 bits per heavy atom. The van der Waals surface area contributed by atoms with Crippen LogP contribution in [0.25, 0.3) is 5.69 Å². The van der Waals surface area contributed by atoms with Crippen LogP contribution in [0.2, 0.25) is 0 Å². The number of aromatic nitrogens is 1. The van der Waals surface area contributed by atoms with Crippen molar-refractivity contribution in [3.8, 4) is 5.69 Å². The fraction of sp³-hybridized carbons (Fsp3) is 0.368. The molecule has 0 fully saturated rings. The number of aryl methyl sites for hydroxylation is 3. The summed E-state index contributed by atoms with van der Waals surface area (Å²) in [4.78, 5) is 23.4. The number of aliphatic hydroxyl groups is 1. The Hall–Kier alpha value is -2.60. The summed E-state index contributed by atoms with van der Waals surface area (Å²) in [6, 6.07) is 7.94. The van der Waals surface area contributed by atoms with E-state index in [1.807, 2.05) is 44.4 Å². The standard InChI is InChI=1S/C19H24N2O4/c1-11-6-12(2)8-15(7-11)21-13(3)9-16(14(21)4)17(22)20-10-19(5,25)18(23)24/h6-9,25H,10H2,1-5H3,(H,20,22)(H,23,24). The number of aliphatic carboxylic acids is 1. The smallest absolute Gasteiger partial charge is 0.337 e. The fourth-order valence-electron chi connectivity index (χ4n) is 2.89. The van der Waals surface area contributed by atoms with Gasteiger partial charge in [0.2, 0.25) is 0 Å². The normalized spacial score (nSPS) is 13.4. The SMILES string of the molecule is Cc1cc(C)cc(-n2c(C)cc(C(=O)NCC(C)(O)C(=O)O)c2C)c1. The van der Waals surface area contributed by atoms with Crippen molar-refractivity contribution in [2.75, 3.05) is 6.54 Å². The first-order valence-corrected chi connectivity index (χ1v) is 8.04. The van der Waals surface area contributed by atoms with Crippen LogP contribution in [0.15, 0.2) is 24.3 Å². The third-order valence-corrected chi connectivity index (χ3v) is 4.19. The first-order chi connectivity index (χ1) is 11.5. The summed E-state index contributed by atoms with van der Waals surface area (Å²) in [6.45, 7) is 8.57. The maximum Gasteiger partial charge on any atom is 0.337 e. The van der Waals surface area contributed by atoms with Crippen molar-refractivity contribution < 1.29 is 19.8 Å². The summed E-state index contributed by atoms with van der Waals surface area (Å²) in [6.07, 6.45) is 0. The predicted octanol–water partition coefficient (Wildman–Crippen LogP) is 2.28. The molecule has 1 atom stereocenters. The van der Waals surface area contributed by atoms with Gasteiger partial charge in [-0.05, 0) is 63.9 Å². The topological polar surface area (TPSA) is 91.6 Å². The lowest BCUT2D eigenvalue weighted by Crippen LogP contribution is -2.46. The lowest BCUT2D eigenvalue weighted by atomic mass is 10.1. The molecular formula is C19H24N2O4. The van der Waals surface area contributed by atoms with Crippen molar-refractivity contribution in [3.63, 3.8) is 0 Å². The monoisotopic (exact) mass is 344 g/mol.